The number of hydrogen-bond acceptors (Lipinski definition) is 1. The van der Waals surface area contributed by atoms with Gasteiger partial charge >= 0.3 is 0 Å². The molecule has 1 heterocycles. The van der Waals surface area contributed by atoms with Gasteiger partial charge in [0.05, 0.1) is 0 Å². The third-order valence-corrected chi connectivity index (χ3v) is 10.2. The van der Waals surface area contributed by atoms with E-state index >= 15 is 0 Å². The Hall–Kier alpha value is -5.66. The molecular weight excluding hydrogens is 569 g/mol. The van der Waals surface area contributed by atoms with Crippen LogP contribution < -0.4 is 0 Å². The van der Waals surface area contributed by atoms with Gasteiger partial charge in [-0.3, -0.25) is 0 Å². The third-order valence-electron chi connectivity index (χ3n) is 10.2. The predicted octanol–water partition coefficient (Wildman–Crippen LogP) is 12.4. The maximum absolute atomic E-state index is 6.40. The first-order chi connectivity index (χ1) is 23.1. The molecule has 0 spiro atoms. The first kappa shape index (κ1) is 27.6. The highest BCUT2D eigenvalue weighted by molar-refractivity contribution is 6.09. The average Bonchev–Trinajstić information content (AvgIpc) is 3.62. The molecule has 0 N–H and O–H groups in total. The van der Waals surface area contributed by atoms with Crippen molar-refractivity contribution in [3.63, 3.8) is 0 Å². The van der Waals surface area contributed by atoms with Crippen LogP contribution in [0.2, 0.25) is 0 Å². The second-order valence-corrected chi connectivity index (χ2v) is 13.3. The first-order valence-corrected chi connectivity index (χ1v) is 16.5. The molecule has 1 aliphatic carbocycles. The van der Waals surface area contributed by atoms with Crippen molar-refractivity contribution in [3.8, 4) is 33.4 Å². The summed E-state index contributed by atoms with van der Waals surface area (Å²) in [4.78, 5) is 0. The van der Waals surface area contributed by atoms with Gasteiger partial charge in [-0.2, -0.15) is 0 Å². The second-order valence-electron chi connectivity index (χ2n) is 13.3. The molecule has 1 atom stereocenters. The van der Waals surface area contributed by atoms with E-state index in [0.29, 0.717) is 0 Å². The fourth-order valence-corrected chi connectivity index (χ4v) is 7.84. The Labute approximate surface area is 275 Å². The van der Waals surface area contributed by atoms with E-state index in [1.807, 2.05) is 12.1 Å². The van der Waals surface area contributed by atoms with Crippen LogP contribution in [0.1, 0.15) is 47.6 Å². The van der Waals surface area contributed by atoms with Crippen molar-refractivity contribution < 1.29 is 4.42 Å². The van der Waals surface area contributed by atoms with Crippen LogP contribution in [0.3, 0.4) is 0 Å². The van der Waals surface area contributed by atoms with E-state index in [1.165, 1.54) is 50.1 Å². The monoisotopic (exact) mass is 602 g/mol. The van der Waals surface area contributed by atoms with Crippen molar-refractivity contribution in [1.82, 2.24) is 0 Å². The van der Waals surface area contributed by atoms with E-state index < -0.39 is 0 Å². The molecule has 8 aromatic rings. The molecule has 0 saturated heterocycles. The molecule has 9 rings (SSSR count). The average molecular weight is 603 g/mol. The SMILES string of the molecule is CC1(C)c2ccccc2-c2ccc(C(c3ccc(-c4cccc5c4oc4ccccc45)cc3)c3cccc(-c4ccccc4)c3)cc21. The lowest BCUT2D eigenvalue weighted by atomic mass is 9.78. The molecule has 0 bridgehead atoms. The summed E-state index contributed by atoms with van der Waals surface area (Å²) in [5.74, 6) is 0.0690. The van der Waals surface area contributed by atoms with Crippen LogP contribution in [0.4, 0.5) is 0 Å². The van der Waals surface area contributed by atoms with Gasteiger partial charge in [0.15, 0.2) is 0 Å². The van der Waals surface area contributed by atoms with E-state index in [4.69, 9.17) is 4.42 Å². The van der Waals surface area contributed by atoms with Gasteiger partial charge < -0.3 is 4.42 Å². The summed E-state index contributed by atoms with van der Waals surface area (Å²) < 4.78 is 6.40. The zero-order valence-electron chi connectivity index (χ0n) is 26.6. The third kappa shape index (κ3) is 4.46. The summed E-state index contributed by atoms with van der Waals surface area (Å²) in [6.07, 6.45) is 0. The molecule has 0 amide bonds. The van der Waals surface area contributed by atoms with Crippen molar-refractivity contribution in [2.45, 2.75) is 25.2 Å². The number of benzene rings is 7. The highest BCUT2D eigenvalue weighted by Crippen LogP contribution is 2.50. The molecule has 0 aliphatic heterocycles. The Balaban J connectivity index is 1.19. The van der Waals surface area contributed by atoms with Crippen LogP contribution in [0, 0.1) is 0 Å². The molecule has 7 aromatic carbocycles. The number of rotatable bonds is 5. The largest absolute Gasteiger partial charge is 0.455 e. The van der Waals surface area contributed by atoms with E-state index in [9.17, 15) is 0 Å². The molecule has 1 unspecified atom stereocenters. The standard InChI is InChI=1S/C46H34O/c1-46(2)41-20-8-6-16-37(41)38-27-26-35(29-42(38)46)44(34-15-10-14-33(28-34)30-12-4-3-5-13-30)32-24-22-31(23-25-32)36-18-11-19-40-39-17-7-9-21-43(39)47-45(36)40/h3-29,44H,1-2H3. The highest BCUT2D eigenvalue weighted by Gasteiger charge is 2.36. The quantitative estimate of drug-likeness (QED) is 0.179. The summed E-state index contributed by atoms with van der Waals surface area (Å²) in [7, 11) is 0. The van der Waals surface area contributed by atoms with Gasteiger partial charge in [0, 0.05) is 27.7 Å². The van der Waals surface area contributed by atoms with E-state index in [1.54, 1.807) is 0 Å². The lowest BCUT2D eigenvalue weighted by Crippen LogP contribution is -2.15. The Bertz CT molecular complexity index is 2430. The Kier molecular flexibility index (Phi) is 6.30. The zero-order chi connectivity index (χ0) is 31.5. The highest BCUT2D eigenvalue weighted by atomic mass is 16.3. The van der Waals surface area contributed by atoms with Gasteiger partial charge in [-0.05, 0) is 61.7 Å². The Morgan fingerprint density at radius 3 is 1.94 bits per heavy atom. The van der Waals surface area contributed by atoms with Crippen LogP contribution in [-0.4, -0.2) is 0 Å². The van der Waals surface area contributed by atoms with E-state index in [-0.39, 0.29) is 11.3 Å². The fourth-order valence-electron chi connectivity index (χ4n) is 7.84. The van der Waals surface area contributed by atoms with Gasteiger partial charge in [-0.1, -0.05) is 172 Å². The first-order valence-electron chi connectivity index (χ1n) is 16.5. The van der Waals surface area contributed by atoms with Crippen LogP contribution >= 0.6 is 0 Å². The topological polar surface area (TPSA) is 13.1 Å². The van der Waals surface area contributed by atoms with E-state index in [2.05, 4.69) is 166 Å². The van der Waals surface area contributed by atoms with Crippen LogP contribution in [0.15, 0.2) is 168 Å². The molecular formula is C46H34O. The van der Waals surface area contributed by atoms with Crippen molar-refractivity contribution in [2.75, 3.05) is 0 Å². The van der Waals surface area contributed by atoms with Gasteiger partial charge in [-0.15, -0.1) is 0 Å². The lowest BCUT2D eigenvalue weighted by Gasteiger charge is -2.25. The summed E-state index contributed by atoms with van der Waals surface area (Å²) in [5, 5.41) is 2.31. The van der Waals surface area contributed by atoms with Crippen molar-refractivity contribution in [2.24, 2.45) is 0 Å². The minimum Gasteiger partial charge on any atom is -0.455 e. The van der Waals surface area contributed by atoms with E-state index in [0.717, 1.165) is 33.1 Å². The van der Waals surface area contributed by atoms with Crippen LogP contribution in [0.5, 0.6) is 0 Å². The Morgan fingerprint density at radius 2 is 1.06 bits per heavy atom. The minimum absolute atomic E-state index is 0.0620. The number of para-hydroxylation sites is 2. The summed E-state index contributed by atoms with van der Waals surface area (Å²) in [6, 6.07) is 59.7. The maximum Gasteiger partial charge on any atom is 0.143 e. The molecule has 47 heavy (non-hydrogen) atoms. The fraction of sp³-hybridized carbons (Fsp3) is 0.0870. The van der Waals surface area contributed by atoms with Gasteiger partial charge in [-0.25, -0.2) is 0 Å². The number of fused-ring (bicyclic) bond motifs is 6. The number of furan rings is 1. The maximum atomic E-state index is 6.40. The molecule has 1 heteroatoms. The van der Waals surface area contributed by atoms with Crippen molar-refractivity contribution in [3.05, 3.63) is 192 Å². The van der Waals surface area contributed by atoms with Crippen molar-refractivity contribution >= 4 is 21.9 Å². The summed E-state index contributed by atoms with van der Waals surface area (Å²) >= 11 is 0. The Morgan fingerprint density at radius 1 is 0.426 bits per heavy atom. The van der Waals surface area contributed by atoms with Gasteiger partial charge in [0.25, 0.3) is 0 Å². The normalized spacial score (nSPS) is 13.8. The zero-order valence-corrected chi connectivity index (χ0v) is 26.6. The molecule has 1 aliphatic rings. The summed E-state index contributed by atoms with van der Waals surface area (Å²) in [6.45, 7) is 4.72. The molecule has 1 nitrogen and oxygen atoms in total. The molecule has 0 radical (unpaired) electrons. The van der Waals surface area contributed by atoms with Gasteiger partial charge in [0.1, 0.15) is 11.2 Å². The predicted molar refractivity (Wildman–Crippen MR) is 196 cm³/mol. The van der Waals surface area contributed by atoms with Crippen LogP contribution in [-0.2, 0) is 5.41 Å². The van der Waals surface area contributed by atoms with Gasteiger partial charge in [0.2, 0.25) is 0 Å². The number of hydrogen-bond donors (Lipinski definition) is 0. The minimum atomic E-state index is -0.0620. The molecule has 1 aromatic heterocycles. The van der Waals surface area contributed by atoms with Crippen molar-refractivity contribution in [1.29, 1.82) is 0 Å². The smallest absolute Gasteiger partial charge is 0.143 e. The molecule has 0 fully saturated rings. The lowest BCUT2D eigenvalue weighted by molar-refractivity contribution is 0.659. The summed E-state index contributed by atoms with van der Waals surface area (Å²) in [5.41, 5.74) is 15.9. The molecule has 224 valence electrons. The molecule has 0 saturated carbocycles. The second kappa shape index (κ2) is 10.7. The van der Waals surface area contributed by atoms with Crippen LogP contribution in [0.25, 0.3) is 55.3 Å².